The van der Waals surface area contributed by atoms with Crippen molar-refractivity contribution >= 4 is 23.2 Å². The van der Waals surface area contributed by atoms with E-state index in [1.54, 1.807) is 38.4 Å². The highest BCUT2D eigenvalue weighted by molar-refractivity contribution is 6.35. The first-order valence-corrected chi connectivity index (χ1v) is 6.15. The predicted molar refractivity (Wildman–Crippen MR) is 75.0 cm³/mol. The minimum Gasteiger partial charge on any atom is -0.495 e. The number of carbonyl (C=O) groups is 1. The van der Waals surface area contributed by atoms with Gasteiger partial charge in [0.1, 0.15) is 11.6 Å². The number of benzene rings is 1. The van der Waals surface area contributed by atoms with E-state index in [1.165, 1.54) is 6.07 Å². The van der Waals surface area contributed by atoms with Gasteiger partial charge in [0.25, 0.3) is 5.91 Å². The predicted octanol–water partition coefficient (Wildman–Crippen LogP) is 2.96. The van der Waals surface area contributed by atoms with Crippen LogP contribution in [0.2, 0.25) is 0 Å². The Morgan fingerprint density at radius 2 is 2.10 bits per heavy atom. The van der Waals surface area contributed by atoms with Crippen LogP contribution in [0.25, 0.3) is 11.6 Å². The molecule has 0 saturated heterocycles. The number of hydrogen-bond acceptors (Lipinski definition) is 2. The number of aromatic amines is 1. The van der Waals surface area contributed by atoms with Crippen LogP contribution in [0.5, 0.6) is 5.75 Å². The molecule has 2 heterocycles. The summed E-state index contributed by atoms with van der Waals surface area (Å²) in [7, 11) is 1.55. The third kappa shape index (κ3) is 1.79. The van der Waals surface area contributed by atoms with Crippen LogP contribution in [-0.2, 0) is 4.79 Å². The molecular weight excluding hydrogens is 259 g/mol. The molecule has 1 aliphatic rings. The number of nitrogens with one attached hydrogen (secondary N) is 2. The highest BCUT2D eigenvalue weighted by Gasteiger charge is 2.27. The topological polar surface area (TPSA) is 54.1 Å². The monoisotopic (exact) mass is 272 g/mol. The second kappa shape index (κ2) is 4.52. The fourth-order valence-corrected chi connectivity index (χ4v) is 2.38. The van der Waals surface area contributed by atoms with E-state index < -0.39 is 0 Å². The van der Waals surface area contributed by atoms with Gasteiger partial charge >= 0.3 is 0 Å². The van der Waals surface area contributed by atoms with Crippen LogP contribution in [-0.4, -0.2) is 18.0 Å². The van der Waals surface area contributed by atoms with Crippen molar-refractivity contribution in [2.24, 2.45) is 0 Å². The highest BCUT2D eigenvalue weighted by atomic mass is 19.1. The zero-order valence-corrected chi connectivity index (χ0v) is 11.1. The minimum absolute atomic E-state index is 0.245. The number of anilines is 1. The number of rotatable bonds is 2. The molecule has 0 spiro atoms. The molecule has 0 fully saturated rings. The Labute approximate surface area is 115 Å². The number of aromatic nitrogens is 1. The van der Waals surface area contributed by atoms with Crippen LogP contribution in [0, 0.1) is 12.7 Å². The molecule has 0 radical (unpaired) electrons. The van der Waals surface area contributed by atoms with Gasteiger partial charge in [-0.2, -0.15) is 0 Å². The normalized spacial score (nSPS) is 15.3. The van der Waals surface area contributed by atoms with Crippen LogP contribution in [0.1, 0.15) is 16.8 Å². The van der Waals surface area contributed by atoms with Crippen molar-refractivity contribution in [2.75, 3.05) is 12.4 Å². The Bertz CT molecular complexity index is 731. The van der Waals surface area contributed by atoms with Crippen LogP contribution in [0.3, 0.4) is 0 Å². The van der Waals surface area contributed by atoms with E-state index in [9.17, 15) is 9.18 Å². The lowest BCUT2D eigenvalue weighted by molar-refractivity contribution is -0.110. The molecule has 20 heavy (non-hydrogen) atoms. The number of halogens is 1. The maximum absolute atomic E-state index is 13.7. The fraction of sp³-hybridized carbons (Fsp3) is 0.133. The SMILES string of the molecule is COc1cc[nH]c1/C=C1\C(=O)Nc2ccc(F)c(C)c21. The highest BCUT2D eigenvalue weighted by Crippen LogP contribution is 2.37. The molecule has 0 unspecified atom stereocenters. The maximum atomic E-state index is 13.7. The fourth-order valence-electron chi connectivity index (χ4n) is 2.38. The number of ether oxygens (including phenoxy) is 1. The van der Waals surface area contributed by atoms with Gasteiger partial charge in [-0.1, -0.05) is 0 Å². The summed E-state index contributed by atoms with van der Waals surface area (Å²) in [5.74, 6) is 0.0581. The van der Waals surface area contributed by atoms with E-state index in [-0.39, 0.29) is 11.7 Å². The minimum atomic E-state index is -0.329. The molecule has 0 aliphatic carbocycles. The first-order chi connectivity index (χ1) is 9.61. The second-order valence-corrected chi connectivity index (χ2v) is 4.57. The molecular formula is C15H13FN2O2. The molecule has 1 amide bonds. The lowest BCUT2D eigenvalue weighted by Crippen LogP contribution is -2.03. The number of H-pyrrole nitrogens is 1. The number of amides is 1. The summed E-state index contributed by atoms with van der Waals surface area (Å²) in [5, 5.41) is 2.74. The second-order valence-electron chi connectivity index (χ2n) is 4.57. The smallest absolute Gasteiger partial charge is 0.256 e. The van der Waals surface area contributed by atoms with Gasteiger partial charge in [-0.25, -0.2) is 4.39 Å². The van der Waals surface area contributed by atoms with Crippen LogP contribution < -0.4 is 10.1 Å². The zero-order chi connectivity index (χ0) is 14.3. The Morgan fingerprint density at radius 1 is 1.30 bits per heavy atom. The van der Waals surface area contributed by atoms with Crippen molar-refractivity contribution in [3.63, 3.8) is 0 Å². The molecule has 1 aromatic carbocycles. The molecule has 4 nitrogen and oxygen atoms in total. The number of fused-ring (bicyclic) bond motifs is 1. The Hall–Kier alpha value is -2.56. The van der Waals surface area contributed by atoms with Crippen molar-refractivity contribution in [3.8, 4) is 5.75 Å². The summed E-state index contributed by atoms with van der Waals surface area (Å²) in [5.41, 5.74) is 2.79. The third-order valence-corrected chi connectivity index (χ3v) is 3.41. The van der Waals surface area contributed by atoms with Crippen LogP contribution in [0.15, 0.2) is 24.4 Å². The third-order valence-electron chi connectivity index (χ3n) is 3.41. The zero-order valence-electron chi connectivity index (χ0n) is 11.1. The molecule has 1 aliphatic heterocycles. The maximum Gasteiger partial charge on any atom is 0.256 e. The van der Waals surface area contributed by atoms with Crippen molar-refractivity contribution in [1.29, 1.82) is 0 Å². The van der Waals surface area contributed by atoms with Crippen molar-refractivity contribution < 1.29 is 13.9 Å². The van der Waals surface area contributed by atoms with E-state index in [1.807, 2.05) is 0 Å². The van der Waals surface area contributed by atoms with Crippen molar-refractivity contribution in [3.05, 3.63) is 47.0 Å². The molecule has 2 N–H and O–H groups in total. The van der Waals surface area contributed by atoms with E-state index in [0.717, 1.165) is 0 Å². The summed E-state index contributed by atoms with van der Waals surface area (Å²) in [4.78, 5) is 15.1. The largest absolute Gasteiger partial charge is 0.495 e. The van der Waals surface area contributed by atoms with Gasteiger partial charge in [-0.15, -0.1) is 0 Å². The van der Waals surface area contributed by atoms with Gasteiger partial charge in [0.05, 0.1) is 18.4 Å². The van der Waals surface area contributed by atoms with E-state index in [2.05, 4.69) is 10.3 Å². The summed E-state index contributed by atoms with van der Waals surface area (Å²) in [6, 6.07) is 4.69. The van der Waals surface area contributed by atoms with Gasteiger partial charge in [0.2, 0.25) is 0 Å². The molecule has 5 heteroatoms. The number of methoxy groups -OCH3 is 1. The lowest BCUT2D eigenvalue weighted by Gasteiger charge is -2.05. The van der Waals surface area contributed by atoms with Crippen molar-refractivity contribution in [1.82, 2.24) is 4.98 Å². The van der Waals surface area contributed by atoms with Gasteiger partial charge in [-0.3, -0.25) is 4.79 Å². The van der Waals surface area contributed by atoms with Crippen LogP contribution >= 0.6 is 0 Å². The first kappa shape index (κ1) is 12.5. The first-order valence-electron chi connectivity index (χ1n) is 6.15. The molecule has 102 valence electrons. The van der Waals surface area contributed by atoms with Gasteiger partial charge < -0.3 is 15.0 Å². The van der Waals surface area contributed by atoms with E-state index >= 15 is 0 Å². The Morgan fingerprint density at radius 3 is 2.85 bits per heavy atom. The average Bonchev–Trinajstić information content (AvgIpc) is 3.00. The summed E-state index contributed by atoms with van der Waals surface area (Å²) in [6.45, 7) is 1.66. The summed E-state index contributed by atoms with van der Waals surface area (Å²) in [6.07, 6.45) is 3.39. The van der Waals surface area contributed by atoms with Gasteiger partial charge in [0.15, 0.2) is 0 Å². The standard InChI is InChI=1S/C15H13FN2O2/c1-8-10(16)3-4-11-14(8)9(15(19)18-11)7-12-13(20-2)5-6-17-12/h3-7,17H,1-2H3,(H,18,19)/b9-7-. The molecule has 2 aromatic rings. The lowest BCUT2D eigenvalue weighted by atomic mass is 10.00. The Balaban J connectivity index is 2.17. The molecule has 3 rings (SSSR count). The average molecular weight is 272 g/mol. The van der Waals surface area contributed by atoms with Crippen molar-refractivity contribution in [2.45, 2.75) is 6.92 Å². The molecule has 0 saturated carbocycles. The molecule has 1 aromatic heterocycles. The number of hydrogen-bond donors (Lipinski definition) is 2. The summed E-state index contributed by atoms with van der Waals surface area (Å²) >= 11 is 0. The van der Waals surface area contributed by atoms with Gasteiger partial charge in [0, 0.05) is 17.4 Å². The van der Waals surface area contributed by atoms with E-state index in [0.29, 0.717) is 33.8 Å². The Kier molecular flexibility index (Phi) is 2.82. The summed E-state index contributed by atoms with van der Waals surface area (Å²) < 4.78 is 18.9. The van der Waals surface area contributed by atoms with Gasteiger partial charge in [-0.05, 0) is 36.8 Å². The quantitative estimate of drug-likeness (QED) is 0.826. The van der Waals surface area contributed by atoms with E-state index in [4.69, 9.17) is 4.74 Å². The molecule has 0 atom stereocenters. The molecule has 0 bridgehead atoms. The number of carbonyl (C=O) groups excluding carboxylic acids is 1. The van der Waals surface area contributed by atoms with Crippen LogP contribution in [0.4, 0.5) is 10.1 Å².